The third-order valence-corrected chi connectivity index (χ3v) is 3.73. The van der Waals surface area contributed by atoms with E-state index in [0.717, 1.165) is 22.5 Å². The van der Waals surface area contributed by atoms with Crippen LogP contribution in [0.1, 0.15) is 37.8 Å². The normalized spacial score (nSPS) is 16.3. The molecule has 2 rings (SSSR count). The number of dihydropyridines is 1. The molecule has 0 saturated carbocycles. The molecule has 1 heterocycles. The molecule has 0 fully saturated rings. The van der Waals surface area contributed by atoms with E-state index in [-0.39, 0.29) is 11.7 Å². The Hall–Kier alpha value is -2.60. The van der Waals surface area contributed by atoms with Crippen molar-refractivity contribution in [2.45, 2.75) is 33.6 Å². The van der Waals surface area contributed by atoms with Crippen LogP contribution < -0.4 is 5.32 Å². The van der Waals surface area contributed by atoms with E-state index in [0.29, 0.717) is 11.1 Å². The van der Waals surface area contributed by atoms with Gasteiger partial charge in [-0.25, -0.2) is 4.39 Å². The first kappa shape index (κ1) is 20.4. The summed E-state index contributed by atoms with van der Waals surface area (Å²) in [7, 11) is 0. The SMILES string of the molecule is C=C.C=C.CC1=C(C)C(c2ccc(F)c(C)c2)C(C#N)=C(C)N1. The summed E-state index contributed by atoms with van der Waals surface area (Å²) in [6, 6.07) is 7.34. The minimum Gasteiger partial charge on any atom is -0.362 e. The Labute approximate surface area is 139 Å². The highest BCUT2D eigenvalue weighted by molar-refractivity contribution is 5.50. The lowest BCUT2D eigenvalue weighted by Crippen LogP contribution is -2.22. The molecule has 0 bridgehead atoms. The molecular weight excluding hydrogens is 287 g/mol. The number of halogens is 1. The van der Waals surface area contributed by atoms with E-state index in [2.05, 4.69) is 37.7 Å². The highest BCUT2D eigenvalue weighted by Gasteiger charge is 2.26. The predicted molar refractivity (Wildman–Crippen MR) is 96.2 cm³/mol. The van der Waals surface area contributed by atoms with Gasteiger partial charge in [0.25, 0.3) is 0 Å². The van der Waals surface area contributed by atoms with Crippen molar-refractivity contribution in [3.8, 4) is 6.07 Å². The summed E-state index contributed by atoms with van der Waals surface area (Å²) >= 11 is 0. The Bertz CT molecular complexity index is 661. The number of hydrogen-bond donors (Lipinski definition) is 1. The molecule has 0 radical (unpaired) electrons. The number of nitriles is 1. The van der Waals surface area contributed by atoms with Gasteiger partial charge in [-0.15, -0.1) is 26.3 Å². The molecule has 1 unspecified atom stereocenters. The zero-order valence-corrected chi connectivity index (χ0v) is 14.5. The van der Waals surface area contributed by atoms with Crippen LogP contribution in [0.25, 0.3) is 0 Å². The van der Waals surface area contributed by atoms with Crippen molar-refractivity contribution in [3.63, 3.8) is 0 Å². The molecule has 1 aliphatic rings. The second-order valence-electron chi connectivity index (χ2n) is 5.03. The Morgan fingerprint density at radius 1 is 1.04 bits per heavy atom. The van der Waals surface area contributed by atoms with Crippen LogP contribution in [-0.4, -0.2) is 0 Å². The summed E-state index contributed by atoms with van der Waals surface area (Å²) in [6.07, 6.45) is 0. The van der Waals surface area contributed by atoms with Crippen LogP contribution in [0, 0.1) is 24.1 Å². The van der Waals surface area contributed by atoms with Gasteiger partial charge in [0, 0.05) is 17.3 Å². The number of aryl methyl sites for hydroxylation is 1. The number of benzene rings is 1. The highest BCUT2D eigenvalue weighted by atomic mass is 19.1. The first-order chi connectivity index (χ1) is 11.0. The average Bonchev–Trinajstić information content (AvgIpc) is 2.57. The summed E-state index contributed by atoms with van der Waals surface area (Å²) in [4.78, 5) is 0. The van der Waals surface area contributed by atoms with Gasteiger partial charge >= 0.3 is 0 Å². The molecule has 1 aromatic carbocycles. The number of allylic oxidation sites excluding steroid dienone is 4. The van der Waals surface area contributed by atoms with Crippen LogP contribution in [0.5, 0.6) is 0 Å². The maximum atomic E-state index is 13.4. The van der Waals surface area contributed by atoms with Crippen molar-refractivity contribution in [1.29, 1.82) is 5.26 Å². The van der Waals surface area contributed by atoms with Gasteiger partial charge in [0.2, 0.25) is 0 Å². The molecule has 1 atom stereocenters. The summed E-state index contributed by atoms with van der Waals surface area (Å²) in [5.74, 6) is -0.291. The summed E-state index contributed by atoms with van der Waals surface area (Å²) < 4.78 is 13.4. The van der Waals surface area contributed by atoms with E-state index in [1.165, 1.54) is 6.07 Å². The quantitative estimate of drug-likeness (QED) is 0.693. The fourth-order valence-corrected chi connectivity index (χ4v) is 2.51. The number of hydrogen-bond acceptors (Lipinski definition) is 2. The van der Waals surface area contributed by atoms with Gasteiger partial charge in [-0.2, -0.15) is 5.26 Å². The van der Waals surface area contributed by atoms with Crippen LogP contribution >= 0.6 is 0 Å². The Morgan fingerprint density at radius 3 is 2.09 bits per heavy atom. The van der Waals surface area contributed by atoms with E-state index in [1.54, 1.807) is 13.0 Å². The van der Waals surface area contributed by atoms with Crippen molar-refractivity contribution >= 4 is 0 Å². The van der Waals surface area contributed by atoms with E-state index >= 15 is 0 Å². The molecular formula is C20H25FN2. The van der Waals surface area contributed by atoms with E-state index in [4.69, 9.17) is 0 Å². The average molecular weight is 312 g/mol. The summed E-state index contributed by atoms with van der Waals surface area (Å²) in [5.41, 5.74) is 5.31. The van der Waals surface area contributed by atoms with Crippen molar-refractivity contribution in [3.05, 3.63) is 84.0 Å². The predicted octanol–water partition coefficient (Wildman–Crippen LogP) is 5.52. The molecule has 0 spiro atoms. The summed E-state index contributed by atoms with van der Waals surface area (Å²) in [6.45, 7) is 19.7. The number of rotatable bonds is 1. The molecule has 0 saturated heterocycles. The van der Waals surface area contributed by atoms with Gasteiger partial charge in [-0.3, -0.25) is 0 Å². The largest absolute Gasteiger partial charge is 0.362 e. The minimum absolute atomic E-state index is 0.0782. The number of nitrogens with one attached hydrogen (secondary N) is 1. The van der Waals surface area contributed by atoms with Gasteiger partial charge < -0.3 is 5.32 Å². The van der Waals surface area contributed by atoms with Gasteiger partial charge in [-0.05, 0) is 50.5 Å². The summed E-state index contributed by atoms with van der Waals surface area (Å²) in [5, 5.41) is 12.6. The van der Waals surface area contributed by atoms with Crippen molar-refractivity contribution in [2.24, 2.45) is 0 Å². The zero-order valence-electron chi connectivity index (χ0n) is 14.5. The van der Waals surface area contributed by atoms with Gasteiger partial charge in [0.05, 0.1) is 11.6 Å². The minimum atomic E-state index is -0.213. The van der Waals surface area contributed by atoms with Crippen LogP contribution in [0.4, 0.5) is 4.39 Å². The lowest BCUT2D eigenvalue weighted by atomic mass is 9.81. The number of nitrogens with zero attached hydrogens (tertiary/aromatic N) is 1. The van der Waals surface area contributed by atoms with Crippen molar-refractivity contribution in [2.75, 3.05) is 0 Å². The monoisotopic (exact) mass is 312 g/mol. The second-order valence-corrected chi connectivity index (χ2v) is 5.03. The van der Waals surface area contributed by atoms with E-state index in [1.807, 2.05) is 26.8 Å². The van der Waals surface area contributed by atoms with Crippen LogP contribution in [-0.2, 0) is 0 Å². The molecule has 1 N–H and O–H groups in total. The van der Waals surface area contributed by atoms with Gasteiger partial charge in [-0.1, -0.05) is 12.1 Å². The lowest BCUT2D eigenvalue weighted by Gasteiger charge is -2.28. The van der Waals surface area contributed by atoms with Gasteiger partial charge in [0.15, 0.2) is 0 Å². The molecule has 3 heteroatoms. The molecule has 1 aromatic rings. The lowest BCUT2D eigenvalue weighted by molar-refractivity contribution is 0.617. The standard InChI is InChI=1S/C16H17FN2.2C2H4/c1-9-7-13(5-6-15(9)17)16-10(2)11(3)19-12(4)14(16)8-18;2*1-2/h5-7,16,19H,1-4H3;2*1-2H2. The topological polar surface area (TPSA) is 35.8 Å². The molecule has 23 heavy (non-hydrogen) atoms. The molecule has 1 aliphatic heterocycles. The molecule has 0 aliphatic carbocycles. The first-order valence-corrected chi connectivity index (χ1v) is 7.27. The maximum Gasteiger partial charge on any atom is 0.126 e. The van der Waals surface area contributed by atoms with Crippen molar-refractivity contribution in [1.82, 2.24) is 5.32 Å². The fourth-order valence-electron chi connectivity index (χ4n) is 2.51. The Kier molecular flexibility index (Phi) is 8.36. The van der Waals surface area contributed by atoms with Crippen LogP contribution in [0.2, 0.25) is 0 Å². The van der Waals surface area contributed by atoms with Crippen LogP contribution in [0.3, 0.4) is 0 Å². The Balaban J connectivity index is 0.00000112. The van der Waals surface area contributed by atoms with Crippen molar-refractivity contribution < 1.29 is 4.39 Å². The maximum absolute atomic E-state index is 13.4. The second kappa shape index (κ2) is 9.42. The van der Waals surface area contributed by atoms with Crippen LogP contribution in [0.15, 0.2) is 67.1 Å². The molecule has 122 valence electrons. The van der Waals surface area contributed by atoms with Gasteiger partial charge in [0.1, 0.15) is 5.82 Å². The highest BCUT2D eigenvalue weighted by Crippen LogP contribution is 2.37. The third kappa shape index (κ3) is 4.43. The van der Waals surface area contributed by atoms with E-state index < -0.39 is 0 Å². The molecule has 0 amide bonds. The fraction of sp³-hybridized carbons (Fsp3) is 0.250. The molecule has 2 nitrogen and oxygen atoms in total. The third-order valence-electron chi connectivity index (χ3n) is 3.73. The zero-order chi connectivity index (χ0) is 18.2. The van der Waals surface area contributed by atoms with E-state index in [9.17, 15) is 9.65 Å². The first-order valence-electron chi connectivity index (χ1n) is 7.27. The molecule has 0 aromatic heterocycles. The smallest absolute Gasteiger partial charge is 0.126 e. The Morgan fingerprint density at radius 2 is 1.61 bits per heavy atom.